The quantitative estimate of drug-likeness (QED) is 0.872. The van der Waals surface area contributed by atoms with E-state index in [1.54, 1.807) is 0 Å². The van der Waals surface area contributed by atoms with E-state index in [-0.39, 0.29) is 12.3 Å². The SMILES string of the molecule is O=C(O)CC1CCN(c2c[nH]c3ccccc23)C1. The minimum Gasteiger partial charge on any atom is -0.481 e. The molecule has 1 saturated heterocycles. The maximum atomic E-state index is 10.7. The van der Waals surface area contributed by atoms with Crippen LogP contribution in [0.15, 0.2) is 30.5 Å². The van der Waals surface area contributed by atoms with E-state index < -0.39 is 5.97 Å². The molecule has 0 bridgehead atoms. The summed E-state index contributed by atoms with van der Waals surface area (Å²) in [6.07, 6.45) is 3.26. The van der Waals surface area contributed by atoms with Crippen molar-refractivity contribution in [3.05, 3.63) is 30.5 Å². The summed E-state index contributed by atoms with van der Waals surface area (Å²) in [5, 5.41) is 10.1. The van der Waals surface area contributed by atoms with Gasteiger partial charge in [-0.05, 0) is 18.4 Å². The predicted molar refractivity (Wildman–Crippen MR) is 70.9 cm³/mol. The van der Waals surface area contributed by atoms with Gasteiger partial charge in [-0.3, -0.25) is 4.79 Å². The van der Waals surface area contributed by atoms with Crippen molar-refractivity contribution in [2.45, 2.75) is 12.8 Å². The van der Waals surface area contributed by atoms with Crippen molar-refractivity contribution in [1.82, 2.24) is 4.98 Å². The fourth-order valence-electron chi connectivity index (χ4n) is 2.78. The first-order valence-corrected chi connectivity index (χ1v) is 6.27. The number of H-pyrrole nitrogens is 1. The largest absolute Gasteiger partial charge is 0.481 e. The first kappa shape index (κ1) is 11.1. The third-order valence-corrected chi connectivity index (χ3v) is 3.66. The molecule has 0 amide bonds. The number of aromatic amines is 1. The summed E-state index contributed by atoms with van der Waals surface area (Å²) in [5.41, 5.74) is 2.33. The van der Waals surface area contributed by atoms with Crippen molar-refractivity contribution in [2.24, 2.45) is 5.92 Å². The number of hydrogen-bond acceptors (Lipinski definition) is 2. The zero-order valence-electron chi connectivity index (χ0n) is 10.1. The number of carboxylic acids is 1. The number of nitrogens with zero attached hydrogens (tertiary/aromatic N) is 1. The summed E-state index contributed by atoms with van der Waals surface area (Å²) in [6.45, 7) is 1.79. The highest BCUT2D eigenvalue weighted by molar-refractivity contribution is 5.92. The van der Waals surface area contributed by atoms with E-state index in [4.69, 9.17) is 5.11 Å². The number of para-hydroxylation sites is 1. The Morgan fingerprint density at radius 1 is 1.44 bits per heavy atom. The van der Waals surface area contributed by atoms with Crippen LogP contribution in [0.3, 0.4) is 0 Å². The van der Waals surface area contributed by atoms with Crippen LogP contribution < -0.4 is 4.90 Å². The van der Waals surface area contributed by atoms with Gasteiger partial charge < -0.3 is 15.0 Å². The lowest BCUT2D eigenvalue weighted by Gasteiger charge is -2.17. The van der Waals surface area contributed by atoms with Crippen LogP contribution in [0.5, 0.6) is 0 Å². The normalized spacial score (nSPS) is 19.6. The number of fused-ring (bicyclic) bond motifs is 1. The number of benzene rings is 1. The Kier molecular flexibility index (Phi) is 2.70. The third-order valence-electron chi connectivity index (χ3n) is 3.66. The molecule has 0 radical (unpaired) electrons. The van der Waals surface area contributed by atoms with Gasteiger partial charge in [0, 0.05) is 36.6 Å². The van der Waals surface area contributed by atoms with Crippen LogP contribution in [0.25, 0.3) is 10.9 Å². The van der Waals surface area contributed by atoms with E-state index in [1.807, 2.05) is 18.3 Å². The zero-order valence-corrected chi connectivity index (χ0v) is 10.1. The monoisotopic (exact) mass is 244 g/mol. The molecule has 1 aliphatic rings. The molecule has 1 aromatic heterocycles. The third kappa shape index (κ3) is 1.94. The Balaban J connectivity index is 1.82. The van der Waals surface area contributed by atoms with E-state index in [0.717, 1.165) is 25.0 Å². The molecule has 3 rings (SSSR count). The van der Waals surface area contributed by atoms with Crippen LogP contribution in [0.4, 0.5) is 5.69 Å². The van der Waals surface area contributed by atoms with Crippen molar-refractivity contribution >= 4 is 22.6 Å². The van der Waals surface area contributed by atoms with Gasteiger partial charge in [0.05, 0.1) is 5.69 Å². The summed E-state index contributed by atoms with van der Waals surface area (Å²) in [7, 11) is 0. The van der Waals surface area contributed by atoms with E-state index in [1.165, 1.54) is 11.1 Å². The molecule has 2 N–H and O–H groups in total. The van der Waals surface area contributed by atoms with Crippen molar-refractivity contribution in [3.63, 3.8) is 0 Å². The Bertz CT molecular complexity index is 576. The van der Waals surface area contributed by atoms with Gasteiger partial charge in [0.25, 0.3) is 0 Å². The molecule has 1 aliphatic heterocycles. The zero-order chi connectivity index (χ0) is 12.5. The number of carbonyl (C=O) groups is 1. The Labute approximate surface area is 105 Å². The van der Waals surface area contributed by atoms with Crippen LogP contribution in [-0.2, 0) is 4.79 Å². The van der Waals surface area contributed by atoms with E-state index in [9.17, 15) is 4.79 Å². The molecule has 18 heavy (non-hydrogen) atoms. The second-order valence-electron chi connectivity index (χ2n) is 4.92. The van der Waals surface area contributed by atoms with Gasteiger partial charge in [-0.25, -0.2) is 0 Å². The molecule has 2 heterocycles. The van der Waals surface area contributed by atoms with Crippen LogP contribution in [-0.4, -0.2) is 29.1 Å². The Morgan fingerprint density at radius 3 is 3.11 bits per heavy atom. The number of nitrogens with one attached hydrogen (secondary N) is 1. The van der Waals surface area contributed by atoms with Crippen molar-refractivity contribution in [3.8, 4) is 0 Å². The lowest BCUT2D eigenvalue weighted by atomic mass is 10.1. The van der Waals surface area contributed by atoms with Gasteiger partial charge in [-0.15, -0.1) is 0 Å². The molecule has 4 heteroatoms. The summed E-state index contributed by atoms with van der Waals surface area (Å²) in [4.78, 5) is 16.3. The minimum absolute atomic E-state index is 0.274. The molecule has 1 fully saturated rings. The summed E-state index contributed by atoms with van der Waals surface area (Å²) in [5.74, 6) is -0.420. The van der Waals surface area contributed by atoms with Crippen LogP contribution in [0.1, 0.15) is 12.8 Å². The molecule has 0 saturated carbocycles. The highest BCUT2D eigenvalue weighted by Crippen LogP contribution is 2.31. The lowest BCUT2D eigenvalue weighted by molar-refractivity contribution is -0.137. The number of carboxylic acid groups (broad SMARTS) is 1. The van der Waals surface area contributed by atoms with Gasteiger partial charge >= 0.3 is 5.97 Å². The van der Waals surface area contributed by atoms with Crippen molar-refractivity contribution in [2.75, 3.05) is 18.0 Å². The first-order chi connectivity index (χ1) is 8.74. The number of anilines is 1. The molecule has 1 aromatic carbocycles. The summed E-state index contributed by atoms with van der Waals surface area (Å²) < 4.78 is 0. The van der Waals surface area contributed by atoms with E-state index in [2.05, 4.69) is 22.0 Å². The lowest BCUT2D eigenvalue weighted by Crippen LogP contribution is -2.20. The van der Waals surface area contributed by atoms with E-state index in [0.29, 0.717) is 0 Å². The fourth-order valence-corrected chi connectivity index (χ4v) is 2.78. The average molecular weight is 244 g/mol. The molecule has 2 aromatic rings. The molecule has 1 atom stereocenters. The first-order valence-electron chi connectivity index (χ1n) is 6.27. The summed E-state index contributed by atoms with van der Waals surface area (Å²) >= 11 is 0. The number of hydrogen-bond donors (Lipinski definition) is 2. The van der Waals surface area contributed by atoms with Gasteiger partial charge in [0.1, 0.15) is 0 Å². The Hall–Kier alpha value is -1.97. The number of aliphatic carboxylic acids is 1. The fraction of sp³-hybridized carbons (Fsp3) is 0.357. The van der Waals surface area contributed by atoms with E-state index >= 15 is 0 Å². The predicted octanol–water partition coefficient (Wildman–Crippen LogP) is 2.47. The molecule has 1 unspecified atom stereocenters. The Morgan fingerprint density at radius 2 is 2.28 bits per heavy atom. The van der Waals surface area contributed by atoms with Crippen LogP contribution in [0, 0.1) is 5.92 Å². The topological polar surface area (TPSA) is 56.3 Å². The summed E-state index contributed by atoms with van der Waals surface area (Å²) in [6, 6.07) is 8.21. The van der Waals surface area contributed by atoms with Gasteiger partial charge in [0.15, 0.2) is 0 Å². The van der Waals surface area contributed by atoms with Crippen molar-refractivity contribution < 1.29 is 9.90 Å². The number of rotatable bonds is 3. The van der Waals surface area contributed by atoms with Gasteiger partial charge in [0.2, 0.25) is 0 Å². The molecular formula is C14H16N2O2. The molecular weight excluding hydrogens is 228 g/mol. The highest BCUT2D eigenvalue weighted by atomic mass is 16.4. The minimum atomic E-state index is -0.694. The van der Waals surface area contributed by atoms with Gasteiger partial charge in [-0.1, -0.05) is 18.2 Å². The van der Waals surface area contributed by atoms with Gasteiger partial charge in [-0.2, -0.15) is 0 Å². The smallest absolute Gasteiger partial charge is 0.303 e. The highest BCUT2D eigenvalue weighted by Gasteiger charge is 2.25. The second-order valence-corrected chi connectivity index (χ2v) is 4.92. The number of aromatic nitrogens is 1. The molecule has 4 nitrogen and oxygen atoms in total. The maximum absolute atomic E-state index is 10.7. The molecule has 94 valence electrons. The molecule has 0 aliphatic carbocycles. The van der Waals surface area contributed by atoms with Crippen LogP contribution in [0.2, 0.25) is 0 Å². The maximum Gasteiger partial charge on any atom is 0.303 e. The van der Waals surface area contributed by atoms with Crippen molar-refractivity contribution in [1.29, 1.82) is 0 Å². The standard InChI is InChI=1S/C14H16N2O2/c17-14(18)7-10-5-6-16(9-10)13-8-15-12-4-2-1-3-11(12)13/h1-4,8,10,15H,5-7,9H2,(H,17,18). The molecule has 0 spiro atoms. The second kappa shape index (κ2) is 4.37. The average Bonchev–Trinajstić information content (AvgIpc) is 2.94. The van der Waals surface area contributed by atoms with Crippen LogP contribution >= 0.6 is 0 Å².